The second kappa shape index (κ2) is 3.96. The molecule has 0 saturated carbocycles. The Hall–Kier alpha value is -1.13. The summed E-state index contributed by atoms with van der Waals surface area (Å²) >= 11 is 0. The first-order valence-electron chi connectivity index (χ1n) is 6.13. The van der Waals surface area contributed by atoms with Crippen LogP contribution in [0.25, 0.3) is 0 Å². The predicted octanol–water partition coefficient (Wildman–Crippen LogP) is 1.73. The van der Waals surface area contributed by atoms with Gasteiger partial charge in [0, 0.05) is 18.0 Å². The monoisotopic (exact) mass is 236 g/mol. The number of halogens is 1. The molecular weight excluding hydrogens is 219 g/mol. The van der Waals surface area contributed by atoms with Gasteiger partial charge in [-0.05, 0) is 44.1 Å². The fourth-order valence-electron chi connectivity index (χ4n) is 2.88. The van der Waals surface area contributed by atoms with Crippen LogP contribution in [0.15, 0.2) is 18.2 Å². The molecule has 1 unspecified atom stereocenters. The Labute approximate surface area is 100 Å². The molecule has 2 aliphatic rings. The third-order valence-corrected chi connectivity index (χ3v) is 3.80. The molecule has 0 aliphatic carbocycles. The Kier molecular flexibility index (Phi) is 2.56. The van der Waals surface area contributed by atoms with E-state index in [4.69, 9.17) is 10.5 Å². The highest BCUT2D eigenvalue weighted by atomic mass is 19.1. The van der Waals surface area contributed by atoms with Crippen LogP contribution in [0.3, 0.4) is 0 Å². The molecule has 1 aromatic carbocycles. The van der Waals surface area contributed by atoms with Crippen LogP contribution in [-0.2, 0) is 0 Å². The minimum absolute atomic E-state index is 0.118. The number of hydrogen-bond donors (Lipinski definition) is 2. The molecule has 0 aromatic heterocycles. The maximum Gasteiger partial charge on any atom is 0.125 e. The van der Waals surface area contributed by atoms with E-state index in [1.54, 1.807) is 6.07 Å². The molecule has 0 bridgehead atoms. The van der Waals surface area contributed by atoms with Crippen molar-refractivity contribution in [3.05, 3.63) is 29.6 Å². The van der Waals surface area contributed by atoms with E-state index in [1.165, 1.54) is 12.1 Å². The van der Waals surface area contributed by atoms with Gasteiger partial charge in [0.15, 0.2) is 0 Å². The Bertz CT molecular complexity index is 429. The van der Waals surface area contributed by atoms with E-state index < -0.39 is 0 Å². The van der Waals surface area contributed by atoms with E-state index in [2.05, 4.69) is 5.32 Å². The van der Waals surface area contributed by atoms with Crippen LogP contribution in [0.4, 0.5) is 4.39 Å². The van der Waals surface area contributed by atoms with Crippen molar-refractivity contribution in [1.29, 1.82) is 0 Å². The number of ether oxygens (including phenoxy) is 1. The highest BCUT2D eigenvalue weighted by Gasteiger charge is 2.40. The molecule has 17 heavy (non-hydrogen) atoms. The SMILES string of the molecule is NC1CC2(CCNCC2)Oc2ccc(F)cc21. The lowest BCUT2D eigenvalue weighted by Gasteiger charge is -2.43. The van der Waals surface area contributed by atoms with Crippen molar-refractivity contribution in [3.8, 4) is 5.75 Å². The Morgan fingerprint density at radius 3 is 2.88 bits per heavy atom. The zero-order chi connectivity index (χ0) is 11.9. The van der Waals surface area contributed by atoms with E-state index in [9.17, 15) is 4.39 Å². The second-order valence-electron chi connectivity index (χ2n) is 5.03. The smallest absolute Gasteiger partial charge is 0.125 e. The number of rotatable bonds is 0. The summed E-state index contributed by atoms with van der Waals surface area (Å²) in [6, 6.07) is 4.51. The van der Waals surface area contributed by atoms with Crippen LogP contribution in [-0.4, -0.2) is 18.7 Å². The summed E-state index contributed by atoms with van der Waals surface area (Å²) in [5.41, 5.74) is 6.81. The quantitative estimate of drug-likeness (QED) is 0.721. The van der Waals surface area contributed by atoms with Crippen molar-refractivity contribution < 1.29 is 9.13 Å². The summed E-state index contributed by atoms with van der Waals surface area (Å²) in [7, 11) is 0. The highest BCUT2D eigenvalue weighted by molar-refractivity contribution is 5.39. The molecule has 1 fully saturated rings. The van der Waals surface area contributed by atoms with E-state index in [0.29, 0.717) is 0 Å². The van der Waals surface area contributed by atoms with Crippen LogP contribution in [0.5, 0.6) is 5.75 Å². The number of nitrogens with two attached hydrogens (primary N) is 1. The molecule has 1 aromatic rings. The summed E-state index contributed by atoms with van der Waals surface area (Å²) < 4.78 is 19.3. The summed E-state index contributed by atoms with van der Waals surface area (Å²) in [5.74, 6) is 0.510. The molecule has 4 heteroatoms. The molecule has 0 amide bonds. The maximum atomic E-state index is 13.2. The van der Waals surface area contributed by atoms with Crippen LogP contribution in [0, 0.1) is 5.82 Å². The number of fused-ring (bicyclic) bond motifs is 1. The van der Waals surface area contributed by atoms with Gasteiger partial charge in [-0.25, -0.2) is 4.39 Å². The molecule has 1 spiro atoms. The van der Waals surface area contributed by atoms with Crippen LogP contribution in [0.1, 0.15) is 30.9 Å². The summed E-state index contributed by atoms with van der Waals surface area (Å²) in [5, 5.41) is 3.32. The molecule has 0 radical (unpaired) electrons. The normalized spacial score (nSPS) is 26.4. The number of benzene rings is 1. The van der Waals surface area contributed by atoms with Gasteiger partial charge in [-0.1, -0.05) is 0 Å². The molecule has 92 valence electrons. The van der Waals surface area contributed by atoms with Gasteiger partial charge in [-0.3, -0.25) is 0 Å². The zero-order valence-electron chi connectivity index (χ0n) is 9.71. The van der Waals surface area contributed by atoms with Crippen LogP contribution in [0.2, 0.25) is 0 Å². The minimum Gasteiger partial charge on any atom is -0.487 e. The molecule has 2 heterocycles. The van der Waals surface area contributed by atoms with E-state index in [-0.39, 0.29) is 17.5 Å². The van der Waals surface area contributed by atoms with Gasteiger partial charge in [0.1, 0.15) is 17.2 Å². The van der Waals surface area contributed by atoms with Crippen molar-refractivity contribution in [1.82, 2.24) is 5.32 Å². The molecular formula is C13H17FN2O. The lowest BCUT2D eigenvalue weighted by molar-refractivity contribution is 0.00776. The summed E-state index contributed by atoms with van der Waals surface area (Å²) in [6.45, 7) is 1.92. The van der Waals surface area contributed by atoms with Gasteiger partial charge in [0.2, 0.25) is 0 Å². The fourth-order valence-corrected chi connectivity index (χ4v) is 2.88. The van der Waals surface area contributed by atoms with E-state index in [0.717, 1.165) is 43.7 Å². The predicted molar refractivity (Wildman–Crippen MR) is 63.4 cm³/mol. The maximum absolute atomic E-state index is 13.2. The molecule has 2 aliphatic heterocycles. The summed E-state index contributed by atoms with van der Waals surface area (Å²) in [4.78, 5) is 0. The fraction of sp³-hybridized carbons (Fsp3) is 0.538. The zero-order valence-corrected chi connectivity index (χ0v) is 9.71. The third kappa shape index (κ3) is 1.91. The molecule has 3 nitrogen and oxygen atoms in total. The number of nitrogens with one attached hydrogen (secondary N) is 1. The average Bonchev–Trinajstić information content (AvgIpc) is 2.31. The highest BCUT2D eigenvalue weighted by Crippen LogP contribution is 2.42. The molecule has 3 rings (SSSR count). The van der Waals surface area contributed by atoms with Gasteiger partial charge >= 0.3 is 0 Å². The number of piperidine rings is 1. The Morgan fingerprint density at radius 1 is 1.35 bits per heavy atom. The van der Waals surface area contributed by atoms with Crippen molar-refractivity contribution in [2.24, 2.45) is 5.73 Å². The van der Waals surface area contributed by atoms with Crippen molar-refractivity contribution in [2.45, 2.75) is 30.9 Å². The standard InChI is InChI=1S/C13H17FN2O/c14-9-1-2-12-10(7-9)11(15)8-13(17-12)3-5-16-6-4-13/h1-2,7,11,16H,3-6,8,15H2. The lowest BCUT2D eigenvalue weighted by Crippen LogP contribution is -2.50. The second-order valence-corrected chi connectivity index (χ2v) is 5.03. The number of hydrogen-bond acceptors (Lipinski definition) is 3. The van der Waals surface area contributed by atoms with Gasteiger partial charge < -0.3 is 15.8 Å². The molecule has 3 N–H and O–H groups in total. The largest absolute Gasteiger partial charge is 0.487 e. The van der Waals surface area contributed by atoms with Crippen LogP contribution < -0.4 is 15.8 Å². The van der Waals surface area contributed by atoms with Gasteiger partial charge in [-0.15, -0.1) is 0 Å². The van der Waals surface area contributed by atoms with E-state index >= 15 is 0 Å². The third-order valence-electron chi connectivity index (χ3n) is 3.80. The molecule has 1 saturated heterocycles. The van der Waals surface area contributed by atoms with Crippen LogP contribution >= 0.6 is 0 Å². The minimum atomic E-state index is -0.246. The first-order chi connectivity index (χ1) is 8.19. The topological polar surface area (TPSA) is 47.3 Å². The van der Waals surface area contributed by atoms with Gasteiger partial charge in [0.25, 0.3) is 0 Å². The average molecular weight is 236 g/mol. The summed E-state index contributed by atoms with van der Waals surface area (Å²) in [6.07, 6.45) is 2.72. The Balaban J connectivity index is 1.94. The van der Waals surface area contributed by atoms with Crippen molar-refractivity contribution in [3.63, 3.8) is 0 Å². The Morgan fingerprint density at radius 2 is 2.12 bits per heavy atom. The van der Waals surface area contributed by atoms with Gasteiger partial charge in [0.05, 0.1) is 0 Å². The van der Waals surface area contributed by atoms with Crippen molar-refractivity contribution >= 4 is 0 Å². The lowest BCUT2D eigenvalue weighted by atomic mass is 9.81. The first-order valence-corrected chi connectivity index (χ1v) is 6.13. The first kappa shape index (κ1) is 11.0. The van der Waals surface area contributed by atoms with E-state index in [1.807, 2.05) is 0 Å². The van der Waals surface area contributed by atoms with Crippen molar-refractivity contribution in [2.75, 3.05) is 13.1 Å². The van der Waals surface area contributed by atoms with Gasteiger partial charge in [-0.2, -0.15) is 0 Å². The molecule has 1 atom stereocenters.